The summed E-state index contributed by atoms with van der Waals surface area (Å²) in [6, 6.07) is 7.49. The fourth-order valence-corrected chi connectivity index (χ4v) is 7.76. The molecule has 34 heavy (non-hydrogen) atoms. The van der Waals surface area contributed by atoms with Gasteiger partial charge in [-0.05, 0) is 37.5 Å². The van der Waals surface area contributed by atoms with Crippen molar-refractivity contribution >= 4 is 26.7 Å². The minimum Gasteiger partial charge on any atom is -0.363 e. The van der Waals surface area contributed by atoms with Gasteiger partial charge >= 0.3 is 0 Å². The van der Waals surface area contributed by atoms with E-state index in [9.17, 15) is 22.0 Å². The van der Waals surface area contributed by atoms with Crippen LogP contribution in [0.2, 0.25) is 0 Å². The zero-order valence-corrected chi connectivity index (χ0v) is 19.6. The second kappa shape index (κ2) is 7.54. The molecule has 1 aromatic carbocycles. The van der Waals surface area contributed by atoms with Crippen molar-refractivity contribution in [2.45, 2.75) is 37.8 Å². The molecular weight excluding hydrogens is 464 g/mol. The van der Waals surface area contributed by atoms with E-state index in [2.05, 4.69) is 15.3 Å². The van der Waals surface area contributed by atoms with E-state index in [1.165, 1.54) is 23.0 Å². The van der Waals surface area contributed by atoms with Crippen LogP contribution in [0.3, 0.4) is 0 Å². The number of nitrogens with two attached hydrogens (primary N) is 1. The lowest BCUT2D eigenvalue weighted by atomic mass is 9.57. The highest BCUT2D eigenvalue weighted by Crippen LogP contribution is 2.57. The van der Waals surface area contributed by atoms with Crippen molar-refractivity contribution in [1.29, 1.82) is 0 Å². The predicted octanol–water partition coefficient (Wildman–Crippen LogP) is 2.80. The van der Waals surface area contributed by atoms with E-state index in [0.29, 0.717) is 40.8 Å². The molecule has 3 N–H and O–H groups in total. The van der Waals surface area contributed by atoms with E-state index in [0.717, 1.165) is 0 Å². The van der Waals surface area contributed by atoms with E-state index in [1.54, 1.807) is 25.2 Å². The van der Waals surface area contributed by atoms with Crippen molar-refractivity contribution < 1.29 is 17.2 Å². The largest absolute Gasteiger partial charge is 0.363 e. The highest BCUT2D eigenvalue weighted by atomic mass is 32.2. The van der Waals surface area contributed by atoms with Crippen molar-refractivity contribution in [2.24, 2.45) is 18.2 Å². The molecule has 1 atom stereocenters. The average molecular weight is 490 g/mol. The van der Waals surface area contributed by atoms with Gasteiger partial charge in [0.15, 0.2) is 9.84 Å². The summed E-state index contributed by atoms with van der Waals surface area (Å²) >= 11 is 0. The molecule has 180 valence electrons. The van der Waals surface area contributed by atoms with Crippen molar-refractivity contribution in [3.05, 3.63) is 63.7 Å². The first-order chi connectivity index (χ1) is 15.9. The first-order valence-electron chi connectivity index (χ1n) is 10.9. The van der Waals surface area contributed by atoms with Crippen LogP contribution in [0.4, 0.5) is 14.6 Å². The zero-order chi connectivity index (χ0) is 24.5. The van der Waals surface area contributed by atoms with E-state index < -0.39 is 21.8 Å². The topological polar surface area (TPSA) is 120 Å². The summed E-state index contributed by atoms with van der Waals surface area (Å²) in [7, 11) is -1.40. The fraction of sp³-hybridized carbons (Fsp3) is 0.435. The third-order valence-electron chi connectivity index (χ3n) is 6.99. The molecule has 0 radical (unpaired) electrons. The Kier molecular flexibility index (Phi) is 5.07. The van der Waals surface area contributed by atoms with Crippen LogP contribution in [0.15, 0.2) is 41.5 Å². The van der Waals surface area contributed by atoms with Gasteiger partial charge < -0.3 is 11.1 Å². The molecule has 1 spiro atoms. The molecule has 0 unspecified atom stereocenters. The number of hydrogen-bond donors (Lipinski definition) is 2. The molecule has 3 aromatic rings. The highest BCUT2D eigenvalue weighted by molar-refractivity contribution is 7.92. The Morgan fingerprint density at radius 3 is 2.47 bits per heavy atom. The number of rotatable bonds is 5. The van der Waals surface area contributed by atoms with Crippen LogP contribution in [-0.4, -0.2) is 34.5 Å². The molecule has 3 heterocycles. The predicted molar refractivity (Wildman–Crippen MR) is 124 cm³/mol. The maximum atomic E-state index is 13.1. The number of aromatic nitrogens is 3. The van der Waals surface area contributed by atoms with Crippen molar-refractivity contribution in [3.8, 4) is 0 Å². The number of nitrogens with zero attached hydrogens (tertiary/aromatic N) is 3. The molecule has 2 aliphatic rings. The number of nitrogens with one attached hydrogen (secondary N) is 1. The molecule has 1 saturated carbocycles. The maximum Gasteiger partial charge on any atom is 0.263 e. The molecule has 11 heteroatoms. The van der Waals surface area contributed by atoms with Crippen LogP contribution in [0.5, 0.6) is 0 Å². The van der Waals surface area contributed by atoms with Crippen LogP contribution >= 0.6 is 0 Å². The van der Waals surface area contributed by atoms with Crippen molar-refractivity contribution in [2.75, 3.05) is 16.8 Å². The summed E-state index contributed by atoms with van der Waals surface area (Å²) in [4.78, 5) is 21.7. The van der Waals surface area contributed by atoms with Gasteiger partial charge in [0.2, 0.25) is 0 Å². The number of pyridine rings is 1. The standard InChI is InChI=1S/C23H25F2N5O3S/c1-13(14-4-3-5-15(6-14)18(24)25)29-19-16-7-17(21(31)30(2)20(16)28-12-27-19)23(26)8-22(9-23)10-34(32,33)11-22/h3-7,12-13,18H,8-11,26H2,1-2H3,(H,27,28,29)/t13-/m1/s1. The Morgan fingerprint density at radius 2 is 1.82 bits per heavy atom. The fourth-order valence-electron chi connectivity index (χ4n) is 5.57. The quantitative estimate of drug-likeness (QED) is 0.565. The number of aryl methyl sites for hydroxylation is 1. The first kappa shape index (κ1) is 22.9. The molecule has 0 amide bonds. The molecule has 2 aromatic heterocycles. The molecule has 5 rings (SSSR count). The van der Waals surface area contributed by atoms with Gasteiger partial charge in [-0.2, -0.15) is 0 Å². The molecule has 1 aliphatic heterocycles. The summed E-state index contributed by atoms with van der Waals surface area (Å²) in [5.41, 5.74) is 6.45. The minimum atomic E-state index is -3.01. The normalized spacial score (nSPS) is 20.6. The van der Waals surface area contributed by atoms with Gasteiger partial charge in [0.1, 0.15) is 17.8 Å². The van der Waals surface area contributed by atoms with E-state index in [1.807, 2.05) is 6.92 Å². The molecule has 1 saturated heterocycles. The smallest absolute Gasteiger partial charge is 0.263 e. The number of halogens is 2. The lowest BCUT2D eigenvalue weighted by Crippen LogP contribution is -2.66. The SMILES string of the molecule is C[C@@H](Nc1ncnc2c1cc(C1(N)CC3(C1)CS(=O)(=O)C3)c(=O)n2C)c1cccc(C(F)F)c1. The maximum absolute atomic E-state index is 13.1. The van der Waals surface area contributed by atoms with E-state index >= 15 is 0 Å². The molecular formula is C23H25F2N5O3S. The van der Waals surface area contributed by atoms with Gasteiger partial charge in [0.05, 0.1) is 16.9 Å². The summed E-state index contributed by atoms with van der Waals surface area (Å²) in [6.45, 7) is 1.83. The molecule has 8 nitrogen and oxygen atoms in total. The van der Waals surface area contributed by atoms with E-state index in [-0.39, 0.29) is 34.1 Å². The second-order valence-electron chi connectivity index (χ2n) is 9.76. The van der Waals surface area contributed by atoms with Gasteiger partial charge in [-0.3, -0.25) is 9.36 Å². The van der Waals surface area contributed by atoms with Crippen LogP contribution in [0, 0.1) is 5.41 Å². The Labute approximate surface area is 195 Å². The zero-order valence-electron chi connectivity index (χ0n) is 18.8. The molecule has 2 fully saturated rings. The Morgan fingerprint density at radius 1 is 1.15 bits per heavy atom. The van der Waals surface area contributed by atoms with Gasteiger partial charge in [-0.25, -0.2) is 27.2 Å². The highest BCUT2D eigenvalue weighted by Gasteiger charge is 2.62. The summed E-state index contributed by atoms with van der Waals surface area (Å²) in [5, 5.41) is 3.82. The van der Waals surface area contributed by atoms with Gasteiger partial charge in [0, 0.05) is 35.2 Å². The third kappa shape index (κ3) is 3.67. The van der Waals surface area contributed by atoms with Crippen molar-refractivity contribution in [1.82, 2.24) is 14.5 Å². The number of sulfone groups is 1. The van der Waals surface area contributed by atoms with Gasteiger partial charge in [0.25, 0.3) is 12.0 Å². The van der Waals surface area contributed by atoms with E-state index in [4.69, 9.17) is 5.73 Å². The Bertz CT molecular complexity index is 1450. The van der Waals surface area contributed by atoms with Crippen LogP contribution in [0.1, 0.15) is 48.9 Å². The summed E-state index contributed by atoms with van der Waals surface area (Å²) in [6.07, 6.45) is -0.385. The third-order valence-corrected chi connectivity index (χ3v) is 9.09. The average Bonchev–Trinajstić information content (AvgIpc) is 2.74. The first-order valence-corrected chi connectivity index (χ1v) is 12.7. The number of hydrogen-bond acceptors (Lipinski definition) is 7. The summed E-state index contributed by atoms with van der Waals surface area (Å²) < 4.78 is 51.1. The van der Waals surface area contributed by atoms with Crippen LogP contribution in [-0.2, 0) is 22.4 Å². The van der Waals surface area contributed by atoms with Gasteiger partial charge in [-0.1, -0.05) is 18.2 Å². The van der Waals surface area contributed by atoms with Crippen molar-refractivity contribution in [3.63, 3.8) is 0 Å². The van der Waals surface area contributed by atoms with Crippen LogP contribution in [0.25, 0.3) is 11.0 Å². The monoisotopic (exact) mass is 489 g/mol. The number of fused-ring (bicyclic) bond motifs is 1. The molecule has 1 aliphatic carbocycles. The van der Waals surface area contributed by atoms with Crippen LogP contribution < -0.4 is 16.6 Å². The second-order valence-corrected chi connectivity index (χ2v) is 11.8. The molecule has 0 bridgehead atoms. The number of anilines is 1. The Hall–Kier alpha value is -2.92. The lowest BCUT2D eigenvalue weighted by molar-refractivity contribution is 0.0524. The number of alkyl halides is 2. The Balaban J connectivity index is 1.50. The lowest BCUT2D eigenvalue weighted by Gasteiger charge is -2.58. The van der Waals surface area contributed by atoms with Gasteiger partial charge in [-0.15, -0.1) is 0 Å². The summed E-state index contributed by atoms with van der Waals surface area (Å²) in [5.74, 6) is 0.663. The minimum absolute atomic E-state index is 0.0645. The number of benzene rings is 1.